The number of carboxylic acids is 1. The lowest BCUT2D eigenvalue weighted by Crippen LogP contribution is -2.59. The van der Waals surface area contributed by atoms with Gasteiger partial charge in [-0.3, -0.25) is 14.4 Å². The minimum atomic E-state index is -1.13. The summed E-state index contributed by atoms with van der Waals surface area (Å²) >= 11 is 0. The maximum Gasteiger partial charge on any atom is 0.326 e. The molecule has 8 N–H and O–H groups in total. The highest BCUT2D eigenvalue weighted by Crippen LogP contribution is 2.12. The second-order valence-corrected chi connectivity index (χ2v) is 9.20. The molecule has 6 unspecified atom stereocenters. The lowest BCUT2D eigenvalue weighted by atomic mass is 9.96. The van der Waals surface area contributed by atoms with E-state index >= 15 is 0 Å². The Bertz CT molecular complexity index is 643. The van der Waals surface area contributed by atoms with Crippen molar-refractivity contribution in [2.75, 3.05) is 6.54 Å². The summed E-state index contributed by atoms with van der Waals surface area (Å²) in [5.41, 5.74) is 11.6. The molecule has 192 valence electrons. The first-order valence-corrected chi connectivity index (χ1v) is 12.0. The van der Waals surface area contributed by atoms with Crippen molar-refractivity contribution >= 4 is 23.7 Å². The monoisotopic (exact) mass is 471 g/mol. The third kappa shape index (κ3) is 10.5. The fourth-order valence-corrected chi connectivity index (χ4v) is 3.26. The summed E-state index contributed by atoms with van der Waals surface area (Å²) in [5.74, 6) is -3.28. The zero-order valence-electron chi connectivity index (χ0n) is 21.0. The Labute approximate surface area is 198 Å². The normalized spacial score (nSPS) is 16.8. The summed E-state index contributed by atoms with van der Waals surface area (Å²) in [6.07, 6.45) is 2.93. The number of nitrogens with one attached hydrogen (secondary N) is 3. The van der Waals surface area contributed by atoms with Crippen LogP contribution in [0.4, 0.5) is 0 Å². The molecule has 33 heavy (non-hydrogen) atoms. The smallest absolute Gasteiger partial charge is 0.326 e. The molecular weight excluding hydrogens is 426 g/mol. The molecule has 0 bridgehead atoms. The Morgan fingerprint density at radius 2 is 1.33 bits per heavy atom. The highest BCUT2D eigenvalue weighted by molar-refractivity contribution is 5.94. The van der Waals surface area contributed by atoms with Crippen molar-refractivity contribution in [1.82, 2.24) is 16.0 Å². The molecular formula is C23H45N5O5. The van der Waals surface area contributed by atoms with Crippen LogP contribution in [0.3, 0.4) is 0 Å². The third-order valence-electron chi connectivity index (χ3n) is 6.16. The Morgan fingerprint density at radius 1 is 0.788 bits per heavy atom. The van der Waals surface area contributed by atoms with Gasteiger partial charge in [-0.05, 0) is 43.6 Å². The quantitative estimate of drug-likeness (QED) is 0.180. The molecule has 0 saturated heterocycles. The van der Waals surface area contributed by atoms with Crippen LogP contribution in [0.5, 0.6) is 0 Å². The average molecular weight is 472 g/mol. The number of carbonyl (C=O) groups is 4. The molecule has 3 amide bonds. The lowest BCUT2D eigenvalue weighted by Gasteiger charge is -2.28. The van der Waals surface area contributed by atoms with Crippen LogP contribution >= 0.6 is 0 Å². The van der Waals surface area contributed by atoms with Crippen LogP contribution in [0.1, 0.15) is 73.6 Å². The number of carboxylic acid groups (broad SMARTS) is 1. The Balaban J connectivity index is 5.50. The number of hydrogen-bond donors (Lipinski definition) is 6. The van der Waals surface area contributed by atoms with Crippen molar-refractivity contribution in [3.05, 3.63) is 0 Å². The van der Waals surface area contributed by atoms with Gasteiger partial charge in [-0.15, -0.1) is 0 Å². The lowest BCUT2D eigenvalue weighted by molar-refractivity contribution is -0.144. The summed E-state index contributed by atoms with van der Waals surface area (Å²) in [6.45, 7) is 11.3. The minimum Gasteiger partial charge on any atom is -0.480 e. The number of aliphatic carboxylic acids is 1. The van der Waals surface area contributed by atoms with E-state index in [4.69, 9.17) is 11.5 Å². The van der Waals surface area contributed by atoms with E-state index in [0.717, 1.165) is 6.42 Å². The molecule has 0 aliphatic heterocycles. The maximum atomic E-state index is 13.1. The molecule has 0 spiro atoms. The van der Waals surface area contributed by atoms with Crippen molar-refractivity contribution in [1.29, 1.82) is 0 Å². The SMILES string of the molecule is CCC(C)C(N)C(=O)NC(CCCCN)C(=O)NC(C(=O)NC(C(=O)O)C(C)CC)C(C)C. The molecule has 0 fully saturated rings. The van der Waals surface area contributed by atoms with Gasteiger partial charge in [0.15, 0.2) is 0 Å². The Morgan fingerprint density at radius 3 is 1.79 bits per heavy atom. The van der Waals surface area contributed by atoms with Crippen LogP contribution < -0.4 is 27.4 Å². The molecule has 0 radical (unpaired) electrons. The van der Waals surface area contributed by atoms with E-state index in [1.807, 2.05) is 20.8 Å². The zero-order chi connectivity index (χ0) is 25.7. The molecule has 0 heterocycles. The summed E-state index contributed by atoms with van der Waals surface area (Å²) in [7, 11) is 0. The molecule has 0 rings (SSSR count). The number of hydrogen-bond acceptors (Lipinski definition) is 6. The molecule has 0 aliphatic carbocycles. The zero-order valence-corrected chi connectivity index (χ0v) is 21.0. The van der Waals surface area contributed by atoms with E-state index in [1.165, 1.54) is 0 Å². The first-order valence-electron chi connectivity index (χ1n) is 12.0. The third-order valence-corrected chi connectivity index (χ3v) is 6.16. The fraction of sp³-hybridized carbons (Fsp3) is 0.826. The van der Waals surface area contributed by atoms with Gasteiger partial charge >= 0.3 is 5.97 Å². The van der Waals surface area contributed by atoms with Gasteiger partial charge in [-0.25, -0.2) is 4.79 Å². The Kier molecular flexibility index (Phi) is 14.6. The highest BCUT2D eigenvalue weighted by atomic mass is 16.4. The van der Waals surface area contributed by atoms with Gasteiger partial charge in [0, 0.05) is 0 Å². The summed E-state index contributed by atoms with van der Waals surface area (Å²) in [5, 5.41) is 17.4. The molecule has 6 atom stereocenters. The number of nitrogens with two attached hydrogens (primary N) is 2. The molecule has 0 aromatic carbocycles. The maximum absolute atomic E-state index is 13.1. The van der Waals surface area contributed by atoms with Gasteiger partial charge in [-0.2, -0.15) is 0 Å². The van der Waals surface area contributed by atoms with Crippen LogP contribution in [0.15, 0.2) is 0 Å². The van der Waals surface area contributed by atoms with Crippen LogP contribution in [0.25, 0.3) is 0 Å². The van der Waals surface area contributed by atoms with Crippen molar-refractivity contribution < 1.29 is 24.3 Å². The largest absolute Gasteiger partial charge is 0.480 e. The van der Waals surface area contributed by atoms with Crippen molar-refractivity contribution in [3.63, 3.8) is 0 Å². The Hall–Kier alpha value is -2.20. The molecule has 0 aliphatic rings. The van der Waals surface area contributed by atoms with Crippen LogP contribution in [-0.4, -0.2) is 59.5 Å². The van der Waals surface area contributed by atoms with Crippen molar-refractivity contribution in [2.45, 2.75) is 97.8 Å². The van der Waals surface area contributed by atoms with Crippen LogP contribution in [0.2, 0.25) is 0 Å². The van der Waals surface area contributed by atoms with Crippen molar-refractivity contribution in [2.24, 2.45) is 29.2 Å². The van der Waals surface area contributed by atoms with Crippen LogP contribution in [0, 0.1) is 17.8 Å². The molecule has 0 aromatic rings. The van der Waals surface area contributed by atoms with E-state index in [2.05, 4.69) is 16.0 Å². The number of carbonyl (C=O) groups excluding carboxylic acids is 3. The van der Waals surface area contributed by atoms with Gasteiger partial charge in [0.25, 0.3) is 0 Å². The first-order chi connectivity index (χ1) is 15.4. The van der Waals surface area contributed by atoms with Gasteiger partial charge in [-0.1, -0.05) is 54.4 Å². The number of unbranched alkanes of at least 4 members (excludes halogenated alkanes) is 1. The number of amides is 3. The summed E-state index contributed by atoms with van der Waals surface area (Å²) < 4.78 is 0. The second-order valence-electron chi connectivity index (χ2n) is 9.20. The van der Waals surface area contributed by atoms with Gasteiger partial charge in [0.2, 0.25) is 17.7 Å². The predicted octanol–water partition coefficient (Wildman–Crippen LogP) is 0.730. The van der Waals surface area contributed by atoms with E-state index in [0.29, 0.717) is 32.2 Å². The number of rotatable bonds is 16. The second kappa shape index (κ2) is 15.6. The molecule has 10 nitrogen and oxygen atoms in total. The minimum absolute atomic E-state index is 0.0551. The van der Waals surface area contributed by atoms with E-state index in [-0.39, 0.29) is 17.8 Å². The van der Waals surface area contributed by atoms with E-state index < -0.39 is 47.9 Å². The highest BCUT2D eigenvalue weighted by Gasteiger charge is 2.33. The molecule has 10 heteroatoms. The fourth-order valence-electron chi connectivity index (χ4n) is 3.26. The molecule has 0 saturated carbocycles. The average Bonchev–Trinajstić information content (AvgIpc) is 2.77. The van der Waals surface area contributed by atoms with Gasteiger partial charge in [0.05, 0.1) is 6.04 Å². The van der Waals surface area contributed by atoms with E-state index in [1.54, 1.807) is 20.8 Å². The first kappa shape index (κ1) is 30.8. The topological polar surface area (TPSA) is 177 Å². The molecule has 0 aromatic heterocycles. The van der Waals surface area contributed by atoms with Gasteiger partial charge in [0.1, 0.15) is 18.1 Å². The van der Waals surface area contributed by atoms with Gasteiger partial charge < -0.3 is 32.5 Å². The van der Waals surface area contributed by atoms with E-state index in [9.17, 15) is 24.3 Å². The predicted molar refractivity (Wildman–Crippen MR) is 128 cm³/mol. The summed E-state index contributed by atoms with van der Waals surface area (Å²) in [4.78, 5) is 50.1. The summed E-state index contributed by atoms with van der Waals surface area (Å²) in [6, 6.07) is -3.65. The van der Waals surface area contributed by atoms with Crippen LogP contribution in [-0.2, 0) is 19.2 Å². The van der Waals surface area contributed by atoms with Crippen molar-refractivity contribution in [3.8, 4) is 0 Å². The standard InChI is InChI=1S/C23H45N5O5/c1-7-14(5)17(25)21(30)26-16(11-9-10-12-24)20(29)27-18(13(3)4)22(31)28-19(23(32)33)15(6)8-2/h13-19H,7-12,24-25H2,1-6H3,(H,26,30)(H,27,29)(H,28,31)(H,32,33).